The first-order chi connectivity index (χ1) is 15.7. The van der Waals surface area contributed by atoms with E-state index in [0.29, 0.717) is 31.6 Å². The molecule has 0 aliphatic carbocycles. The van der Waals surface area contributed by atoms with E-state index < -0.39 is 47.3 Å². The number of hydrogen-bond donors (Lipinski definition) is 0. The normalized spacial score (nSPS) is 18.9. The molecule has 3 aromatic rings. The van der Waals surface area contributed by atoms with Crippen LogP contribution in [-0.2, 0) is 6.18 Å². The van der Waals surface area contributed by atoms with E-state index in [4.69, 9.17) is 9.15 Å². The Morgan fingerprint density at radius 1 is 1.21 bits per heavy atom. The van der Waals surface area contributed by atoms with Gasteiger partial charge in [-0.3, -0.25) is 4.79 Å². The number of amides is 1. The van der Waals surface area contributed by atoms with Gasteiger partial charge in [-0.05, 0) is 38.0 Å². The molecular weight excluding hydrogens is 449 g/mol. The fourth-order valence-corrected chi connectivity index (χ4v) is 3.78. The molecule has 0 saturated carbocycles. The van der Waals surface area contributed by atoms with Gasteiger partial charge < -0.3 is 14.1 Å². The number of likely N-dealkylation sites (tertiary alicyclic amines) is 1. The average molecular weight is 467 g/mol. The minimum Gasteiger partial charge on any atom is -0.470 e. The molecule has 0 spiro atoms. The smallest absolute Gasteiger partial charge is 0.417 e. The van der Waals surface area contributed by atoms with Gasteiger partial charge in [0.15, 0.2) is 5.82 Å². The second-order valence-electron chi connectivity index (χ2n) is 7.55. The second kappa shape index (κ2) is 8.80. The Morgan fingerprint density at radius 3 is 2.67 bits per heavy atom. The minimum absolute atomic E-state index is 0.0313. The van der Waals surface area contributed by atoms with E-state index in [-0.39, 0.29) is 17.0 Å². The molecule has 6 nitrogen and oxygen atoms in total. The summed E-state index contributed by atoms with van der Waals surface area (Å²) in [7, 11) is 0. The van der Waals surface area contributed by atoms with Crippen LogP contribution in [0.2, 0.25) is 0 Å². The Kier molecular flexibility index (Phi) is 6.05. The van der Waals surface area contributed by atoms with E-state index in [1.807, 2.05) is 0 Å². The molecule has 1 aromatic carbocycles. The summed E-state index contributed by atoms with van der Waals surface area (Å²) in [5.74, 6) is -3.08. The summed E-state index contributed by atoms with van der Waals surface area (Å²) in [6.07, 6.45) is -1.50. The molecular formula is C22H18F5N3O3. The predicted octanol–water partition coefficient (Wildman–Crippen LogP) is 5.11. The first-order valence-electron chi connectivity index (χ1n) is 10.1. The molecule has 2 atom stereocenters. The molecule has 0 bridgehead atoms. The molecule has 4 rings (SSSR count). The van der Waals surface area contributed by atoms with E-state index in [0.717, 1.165) is 0 Å². The lowest BCUT2D eigenvalue weighted by Gasteiger charge is -2.39. The van der Waals surface area contributed by atoms with Crippen molar-refractivity contribution in [2.75, 3.05) is 6.54 Å². The maximum absolute atomic E-state index is 14.5. The lowest BCUT2D eigenvalue weighted by atomic mass is 9.97. The number of aromatic nitrogens is 2. The van der Waals surface area contributed by atoms with Crippen molar-refractivity contribution in [2.45, 2.75) is 38.1 Å². The summed E-state index contributed by atoms with van der Waals surface area (Å²) in [4.78, 5) is 22.2. The summed E-state index contributed by atoms with van der Waals surface area (Å²) < 4.78 is 77.7. The molecule has 1 fully saturated rings. The Bertz CT molecular complexity index is 1150. The van der Waals surface area contributed by atoms with Crippen LogP contribution in [0.25, 0.3) is 11.5 Å². The maximum atomic E-state index is 14.5. The van der Waals surface area contributed by atoms with Crippen LogP contribution in [0.15, 0.2) is 47.3 Å². The average Bonchev–Trinajstić information content (AvgIpc) is 3.29. The number of alkyl halides is 3. The van der Waals surface area contributed by atoms with Crippen molar-refractivity contribution in [3.05, 3.63) is 65.7 Å². The number of benzene rings is 1. The number of carbonyl (C=O) groups excluding carboxylic acids is 1. The quantitative estimate of drug-likeness (QED) is 0.499. The summed E-state index contributed by atoms with van der Waals surface area (Å²) in [5, 5.41) is 0. The SMILES string of the molecule is C[C@H]1[C@H](Oc2ncc(C(F)(F)F)cc2F)CCCN1C(=O)c1cccc(F)c1-c1ncco1. The second-order valence-corrected chi connectivity index (χ2v) is 7.55. The van der Waals surface area contributed by atoms with Gasteiger partial charge in [0.1, 0.15) is 18.2 Å². The topological polar surface area (TPSA) is 68.5 Å². The summed E-state index contributed by atoms with van der Waals surface area (Å²) in [6.45, 7) is 1.98. The van der Waals surface area contributed by atoms with Crippen molar-refractivity contribution in [3.63, 3.8) is 0 Å². The molecule has 174 valence electrons. The number of hydrogen-bond acceptors (Lipinski definition) is 5. The number of pyridine rings is 1. The molecule has 1 aliphatic heterocycles. The monoisotopic (exact) mass is 467 g/mol. The first kappa shape index (κ1) is 22.7. The zero-order valence-electron chi connectivity index (χ0n) is 17.3. The van der Waals surface area contributed by atoms with Gasteiger partial charge >= 0.3 is 6.18 Å². The molecule has 0 N–H and O–H groups in total. The third-order valence-electron chi connectivity index (χ3n) is 5.47. The van der Waals surface area contributed by atoms with Crippen LogP contribution >= 0.6 is 0 Å². The molecule has 0 radical (unpaired) electrons. The van der Waals surface area contributed by atoms with Crippen molar-refractivity contribution in [1.82, 2.24) is 14.9 Å². The highest BCUT2D eigenvalue weighted by molar-refractivity contribution is 6.00. The van der Waals surface area contributed by atoms with Gasteiger partial charge in [0, 0.05) is 12.7 Å². The van der Waals surface area contributed by atoms with E-state index in [9.17, 15) is 26.7 Å². The van der Waals surface area contributed by atoms with Crippen LogP contribution in [0.5, 0.6) is 5.88 Å². The zero-order chi connectivity index (χ0) is 23.8. The Labute approximate surface area is 185 Å². The highest BCUT2D eigenvalue weighted by Gasteiger charge is 2.36. The number of carbonyl (C=O) groups is 1. The minimum atomic E-state index is -4.74. The van der Waals surface area contributed by atoms with E-state index >= 15 is 0 Å². The molecule has 0 unspecified atom stereocenters. The van der Waals surface area contributed by atoms with Crippen LogP contribution in [-0.4, -0.2) is 39.5 Å². The van der Waals surface area contributed by atoms with Gasteiger partial charge in [-0.2, -0.15) is 13.2 Å². The molecule has 2 aromatic heterocycles. The molecule has 11 heteroatoms. The first-order valence-corrected chi connectivity index (χ1v) is 10.1. The number of halogens is 5. The Morgan fingerprint density at radius 2 is 2.00 bits per heavy atom. The van der Waals surface area contributed by atoms with E-state index in [2.05, 4.69) is 9.97 Å². The fraction of sp³-hybridized carbons (Fsp3) is 0.318. The highest BCUT2D eigenvalue weighted by Crippen LogP contribution is 2.33. The standard InChI is InChI=1S/C22H18F5N3O3/c1-12-17(33-19-16(24)10-13(11-29-19)22(25,26)27)6-3-8-30(12)21(31)14-4-2-5-15(23)18(14)20-28-7-9-32-20/h2,4-5,7,9-12,17H,3,6,8H2,1H3/t12-,17+/m0/s1. The number of nitrogens with zero attached hydrogens (tertiary/aromatic N) is 3. The van der Waals surface area contributed by atoms with E-state index in [1.165, 1.54) is 35.6 Å². The molecule has 3 heterocycles. The van der Waals surface area contributed by atoms with Crippen LogP contribution in [0.3, 0.4) is 0 Å². The molecule has 1 amide bonds. The van der Waals surface area contributed by atoms with Gasteiger partial charge in [-0.25, -0.2) is 18.7 Å². The zero-order valence-corrected chi connectivity index (χ0v) is 17.3. The Balaban J connectivity index is 1.57. The predicted molar refractivity (Wildman–Crippen MR) is 105 cm³/mol. The molecule has 1 saturated heterocycles. The van der Waals surface area contributed by atoms with Gasteiger partial charge in [0.2, 0.25) is 5.89 Å². The van der Waals surface area contributed by atoms with Gasteiger partial charge in [-0.15, -0.1) is 0 Å². The van der Waals surface area contributed by atoms with E-state index in [1.54, 1.807) is 6.92 Å². The van der Waals surface area contributed by atoms with Crippen molar-refractivity contribution in [3.8, 4) is 17.3 Å². The number of ether oxygens (including phenoxy) is 1. The van der Waals surface area contributed by atoms with Gasteiger partial charge in [0.05, 0.1) is 28.9 Å². The number of oxazole rings is 1. The molecule has 33 heavy (non-hydrogen) atoms. The van der Waals surface area contributed by atoms with Crippen LogP contribution in [0.4, 0.5) is 22.0 Å². The number of piperidine rings is 1. The van der Waals surface area contributed by atoms with Gasteiger partial charge in [0.25, 0.3) is 11.8 Å². The van der Waals surface area contributed by atoms with Crippen molar-refractivity contribution in [1.29, 1.82) is 0 Å². The largest absolute Gasteiger partial charge is 0.470 e. The van der Waals surface area contributed by atoms with Crippen molar-refractivity contribution in [2.24, 2.45) is 0 Å². The Hall–Kier alpha value is -3.50. The summed E-state index contributed by atoms with van der Waals surface area (Å²) in [5.41, 5.74) is -1.28. The van der Waals surface area contributed by atoms with Crippen LogP contribution < -0.4 is 4.74 Å². The third-order valence-corrected chi connectivity index (χ3v) is 5.47. The summed E-state index contributed by atoms with van der Waals surface area (Å²) in [6, 6.07) is 3.73. The van der Waals surface area contributed by atoms with Crippen molar-refractivity contribution >= 4 is 5.91 Å². The third kappa shape index (κ3) is 4.53. The lowest BCUT2D eigenvalue weighted by Crippen LogP contribution is -2.51. The van der Waals surface area contributed by atoms with Crippen LogP contribution in [0.1, 0.15) is 35.7 Å². The highest BCUT2D eigenvalue weighted by atomic mass is 19.4. The summed E-state index contributed by atoms with van der Waals surface area (Å²) >= 11 is 0. The van der Waals surface area contributed by atoms with Crippen LogP contribution in [0, 0.1) is 11.6 Å². The number of rotatable bonds is 4. The lowest BCUT2D eigenvalue weighted by molar-refractivity contribution is -0.138. The fourth-order valence-electron chi connectivity index (χ4n) is 3.78. The van der Waals surface area contributed by atoms with Gasteiger partial charge in [-0.1, -0.05) is 6.07 Å². The van der Waals surface area contributed by atoms with Crippen molar-refractivity contribution < 1.29 is 35.9 Å². The maximum Gasteiger partial charge on any atom is 0.417 e. The molecule has 1 aliphatic rings.